The minimum atomic E-state index is 0.684. The molecule has 0 amide bonds. The lowest BCUT2D eigenvalue weighted by Crippen LogP contribution is -1.92. The number of pyridine rings is 1. The molecular formula is C15H13N3S. The van der Waals surface area contributed by atoms with Crippen molar-refractivity contribution < 1.29 is 0 Å². The molecule has 4 N–H and O–H groups in total. The molecule has 0 saturated heterocycles. The second-order valence-electron chi connectivity index (χ2n) is 4.25. The van der Waals surface area contributed by atoms with Gasteiger partial charge in [-0.2, -0.15) is 0 Å². The normalized spacial score (nSPS) is 10.7. The van der Waals surface area contributed by atoms with E-state index in [9.17, 15) is 0 Å². The fraction of sp³-hybridized carbons (Fsp3) is 0. The Kier molecular flexibility index (Phi) is 3.01. The summed E-state index contributed by atoms with van der Waals surface area (Å²) in [4.78, 5) is 6.32. The van der Waals surface area contributed by atoms with Crippen LogP contribution in [0.3, 0.4) is 0 Å². The van der Waals surface area contributed by atoms with Crippen molar-refractivity contribution in [3.05, 3.63) is 54.9 Å². The van der Waals surface area contributed by atoms with E-state index < -0.39 is 0 Å². The molecule has 0 fully saturated rings. The van der Waals surface area contributed by atoms with Gasteiger partial charge in [0, 0.05) is 38.9 Å². The predicted molar refractivity (Wildman–Crippen MR) is 81.1 cm³/mol. The zero-order chi connectivity index (χ0) is 13.2. The fourth-order valence-electron chi connectivity index (χ4n) is 1.96. The average Bonchev–Trinajstić information content (AvgIpc) is 2.42. The van der Waals surface area contributed by atoms with Crippen LogP contribution in [0.5, 0.6) is 0 Å². The van der Waals surface area contributed by atoms with Crippen LogP contribution in [-0.2, 0) is 0 Å². The summed E-state index contributed by atoms with van der Waals surface area (Å²) in [5.74, 6) is 0. The van der Waals surface area contributed by atoms with Gasteiger partial charge in [0.2, 0.25) is 0 Å². The fourth-order valence-corrected chi connectivity index (χ4v) is 2.95. The molecule has 2 aromatic carbocycles. The summed E-state index contributed by atoms with van der Waals surface area (Å²) in [6, 6.07) is 13.8. The summed E-state index contributed by atoms with van der Waals surface area (Å²) < 4.78 is 0. The third-order valence-electron chi connectivity index (χ3n) is 2.89. The maximum atomic E-state index is 6.00. The molecule has 0 aliphatic rings. The molecule has 3 nitrogen and oxygen atoms in total. The first-order chi connectivity index (χ1) is 9.24. The van der Waals surface area contributed by atoms with Crippen molar-refractivity contribution in [3.63, 3.8) is 0 Å². The molecule has 3 rings (SSSR count). The van der Waals surface area contributed by atoms with E-state index in [1.807, 2.05) is 30.5 Å². The zero-order valence-electron chi connectivity index (χ0n) is 10.2. The molecule has 0 saturated carbocycles. The first-order valence-electron chi connectivity index (χ1n) is 5.89. The summed E-state index contributed by atoms with van der Waals surface area (Å²) >= 11 is 1.64. The van der Waals surface area contributed by atoms with Gasteiger partial charge >= 0.3 is 0 Å². The molecule has 0 spiro atoms. The molecule has 0 atom stereocenters. The van der Waals surface area contributed by atoms with Crippen LogP contribution < -0.4 is 11.5 Å². The maximum absolute atomic E-state index is 6.00. The largest absolute Gasteiger partial charge is 0.399 e. The number of nitrogen functional groups attached to an aromatic ring is 2. The van der Waals surface area contributed by atoms with Crippen molar-refractivity contribution in [2.45, 2.75) is 9.79 Å². The van der Waals surface area contributed by atoms with Gasteiger partial charge in [-0.3, -0.25) is 4.98 Å². The summed E-state index contributed by atoms with van der Waals surface area (Å²) in [7, 11) is 0. The monoisotopic (exact) mass is 267 g/mol. The van der Waals surface area contributed by atoms with Gasteiger partial charge in [-0.15, -0.1) is 0 Å². The second-order valence-corrected chi connectivity index (χ2v) is 5.34. The number of anilines is 2. The van der Waals surface area contributed by atoms with Crippen molar-refractivity contribution in [1.29, 1.82) is 0 Å². The Labute approximate surface area is 115 Å². The molecule has 3 aromatic rings. The number of hydrogen-bond acceptors (Lipinski definition) is 4. The Balaban J connectivity index is 2.06. The van der Waals surface area contributed by atoms with Crippen LogP contribution in [0, 0.1) is 0 Å². The Morgan fingerprint density at radius 2 is 1.84 bits per heavy atom. The summed E-state index contributed by atoms with van der Waals surface area (Å²) in [5, 5.41) is 2.31. The minimum Gasteiger partial charge on any atom is -0.399 e. The highest BCUT2D eigenvalue weighted by Gasteiger charge is 2.05. The Morgan fingerprint density at radius 3 is 2.68 bits per heavy atom. The van der Waals surface area contributed by atoms with Gasteiger partial charge in [0.1, 0.15) is 0 Å². The van der Waals surface area contributed by atoms with Crippen LogP contribution in [0.4, 0.5) is 11.4 Å². The first kappa shape index (κ1) is 11.9. The maximum Gasteiger partial charge on any atom is 0.0476 e. The van der Waals surface area contributed by atoms with Gasteiger partial charge in [0.05, 0.1) is 0 Å². The number of nitrogens with zero attached hydrogens (tertiary/aromatic N) is 1. The topological polar surface area (TPSA) is 64.9 Å². The molecule has 19 heavy (non-hydrogen) atoms. The number of aromatic nitrogens is 1. The lowest BCUT2D eigenvalue weighted by molar-refractivity contribution is 1.35. The number of benzene rings is 2. The minimum absolute atomic E-state index is 0.684. The molecular weight excluding hydrogens is 254 g/mol. The molecule has 0 radical (unpaired) electrons. The highest BCUT2D eigenvalue weighted by Crippen LogP contribution is 2.36. The van der Waals surface area contributed by atoms with Gasteiger partial charge in [0.25, 0.3) is 0 Å². The summed E-state index contributed by atoms with van der Waals surface area (Å²) in [5.41, 5.74) is 13.1. The lowest BCUT2D eigenvalue weighted by atomic mass is 10.2. The van der Waals surface area contributed by atoms with Crippen LogP contribution >= 0.6 is 11.8 Å². The van der Waals surface area contributed by atoms with Gasteiger partial charge in [0.15, 0.2) is 0 Å². The Bertz CT molecular complexity index is 735. The molecule has 0 aliphatic heterocycles. The Morgan fingerprint density at radius 1 is 0.947 bits per heavy atom. The van der Waals surface area contributed by atoms with E-state index in [1.165, 1.54) is 5.39 Å². The van der Waals surface area contributed by atoms with Gasteiger partial charge in [-0.05, 0) is 35.7 Å². The van der Waals surface area contributed by atoms with E-state index in [1.54, 1.807) is 24.0 Å². The van der Waals surface area contributed by atoms with Gasteiger partial charge < -0.3 is 11.5 Å². The molecule has 1 aromatic heterocycles. The van der Waals surface area contributed by atoms with Crippen molar-refractivity contribution in [3.8, 4) is 0 Å². The highest BCUT2D eigenvalue weighted by atomic mass is 32.2. The number of nitrogens with two attached hydrogens (primary N) is 2. The van der Waals surface area contributed by atoms with Crippen LogP contribution in [0.1, 0.15) is 0 Å². The first-order valence-corrected chi connectivity index (χ1v) is 6.71. The molecule has 0 aliphatic carbocycles. The van der Waals surface area contributed by atoms with Crippen molar-refractivity contribution in [1.82, 2.24) is 4.98 Å². The molecule has 0 bridgehead atoms. The predicted octanol–water partition coefficient (Wildman–Crippen LogP) is 3.55. The van der Waals surface area contributed by atoms with E-state index in [2.05, 4.69) is 17.1 Å². The van der Waals surface area contributed by atoms with Crippen molar-refractivity contribution >= 4 is 33.9 Å². The average molecular weight is 267 g/mol. The van der Waals surface area contributed by atoms with Crippen LogP contribution in [-0.4, -0.2) is 4.98 Å². The molecule has 4 heteroatoms. The zero-order valence-corrected chi connectivity index (χ0v) is 11.0. The number of rotatable bonds is 2. The summed E-state index contributed by atoms with van der Waals surface area (Å²) in [6.45, 7) is 0. The summed E-state index contributed by atoms with van der Waals surface area (Å²) in [6.07, 6.45) is 3.67. The lowest BCUT2D eigenvalue weighted by Gasteiger charge is -2.08. The number of fused-ring (bicyclic) bond motifs is 1. The van der Waals surface area contributed by atoms with E-state index in [-0.39, 0.29) is 0 Å². The van der Waals surface area contributed by atoms with Crippen molar-refractivity contribution in [2.24, 2.45) is 0 Å². The SMILES string of the molecule is Nc1ccc(Sc2cccc3cnccc23)c(N)c1. The van der Waals surface area contributed by atoms with Crippen molar-refractivity contribution in [2.75, 3.05) is 11.5 Å². The van der Waals surface area contributed by atoms with E-state index >= 15 is 0 Å². The molecule has 0 unspecified atom stereocenters. The highest BCUT2D eigenvalue weighted by molar-refractivity contribution is 7.99. The Hall–Kier alpha value is -2.20. The van der Waals surface area contributed by atoms with Crippen LogP contribution in [0.15, 0.2) is 64.6 Å². The third-order valence-corrected chi connectivity index (χ3v) is 4.06. The van der Waals surface area contributed by atoms with Crippen LogP contribution in [0.2, 0.25) is 0 Å². The van der Waals surface area contributed by atoms with Gasteiger partial charge in [-0.25, -0.2) is 0 Å². The van der Waals surface area contributed by atoms with Crippen LogP contribution in [0.25, 0.3) is 10.8 Å². The smallest absolute Gasteiger partial charge is 0.0476 e. The van der Waals surface area contributed by atoms with E-state index in [0.717, 1.165) is 15.2 Å². The van der Waals surface area contributed by atoms with E-state index in [4.69, 9.17) is 11.5 Å². The van der Waals surface area contributed by atoms with Gasteiger partial charge in [-0.1, -0.05) is 23.9 Å². The van der Waals surface area contributed by atoms with E-state index in [0.29, 0.717) is 11.4 Å². The molecule has 94 valence electrons. The number of hydrogen-bond donors (Lipinski definition) is 2. The quantitative estimate of drug-likeness (QED) is 0.697. The standard InChI is InChI=1S/C15H13N3S/c16-11-4-5-15(13(17)8-11)19-14-3-1-2-10-9-18-7-6-12(10)14/h1-9H,16-17H2. The molecule has 1 heterocycles. The third kappa shape index (κ3) is 2.35. The second kappa shape index (κ2) is 4.82.